The van der Waals surface area contributed by atoms with Crippen LogP contribution in [0.5, 0.6) is 5.75 Å². The highest BCUT2D eigenvalue weighted by Gasteiger charge is 2.08. The van der Waals surface area contributed by atoms with E-state index in [1.807, 2.05) is 54.6 Å². The van der Waals surface area contributed by atoms with Gasteiger partial charge in [0, 0.05) is 24.0 Å². The molecule has 0 saturated carbocycles. The molecule has 0 fully saturated rings. The Balaban J connectivity index is 1.53. The molecule has 2 aromatic carbocycles. The number of ether oxygens (including phenoxy) is 1. The van der Waals surface area contributed by atoms with Crippen molar-refractivity contribution in [1.29, 1.82) is 0 Å². The molecule has 0 aliphatic rings. The molecule has 3 aromatic rings. The summed E-state index contributed by atoms with van der Waals surface area (Å²) in [6, 6.07) is 20.9. The molecule has 2 N–H and O–H groups in total. The zero-order valence-corrected chi connectivity index (χ0v) is 16.9. The van der Waals surface area contributed by atoms with Crippen LogP contribution in [-0.2, 0) is 6.61 Å². The predicted molar refractivity (Wildman–Crippen MR) is 117 cm³/mol. The molecule has 5 nitrogen and oxygen atoms in total. The number of nitrogens with one attached hydrogen (secondary N) is 2. The molecule has 1 aromatic heterocycles. The molecular formula is C24H27N3O2. The number of rotatable bonds is 9. The summed E-state index contributed by atoms with van der Waals surface area (Å²) in [5, 5.41) is 6.17. The van der Waals surface area contributed by atoms with Crippen molar-refractivity contribution in [3.63, 3.8) is 0 Å². The molecule has 3 rings (SSSR count). The quantitative estimate of drug-likeness (QED) is 0.516. The van der Waals surface area contributed by atoms with Crippen molar-refractivity contribution < 1.29 is 9.53 Å². The number of benzene rings is 2. The maximum atomic E-state index is 12.5. The molecule has 0 aliphatic carbocycles. The standard InChI is InChI=1S/C24H27N3O2/c1-18(2)12-14-25-23-16-20(13-15-26-23)24(28)27-21-8-10-22(11-9-21)29-17-19-6-4-3-5-7-19/h3-11,13,15-16,18H,12,14,17H2,1-2H3,(H,25,26)(H,27,28). The summed E-state index contributed by atoms with van der Waals surface area (Å²) in [6.07, 6.45) is 2.70. The minimum absolute atomic E-state index is 0.169. The minimum Gasteiger partial charge on any atom is -0.489 e. The number of nitrogens with zero attached hydrogens (tertiary/aromatic N) is 1. The highest BCUT2D eigenvalue weighted by molar-refractivity contribution is 6.04. The van der Waals surface area contributed by atoms with Gasteiger partial charge in [-0.2, -0.15) is 0 Å². The van der Waals surface area contributed by atoms with Gasteiger partial charge in [0.05, 0.1) is 0 Å². The second-order valence-electron chi connectivity index (χ2n) is 7.29. The maximum Gasteiger partial charge on any atom is 0.255 e. The van der Waals surface area contributed by atoms with Crippen LogP contribution in [0.4, 0.5) is 11.5 Å². The van der Waals surface area contributed by atoms with Gasteiger partial charge in [-0.15, -0.1) is 0 Å². The van der Waals surface area contributed by atoms with Gasteiger partial charge in [0.1, 0.15) is 18.2 Å². The second kappa shape index (κ2) is 10.3. The smallest absolute Gasteiger partial charge is 0.255 e. The summed E-state index contributed by atoms with van der Waals surface area (Å²) in [4.78, 5) is 16.8. The number of carbonyl (C=O) groups excluding carboxylic acids is 1. The summed E-state index contributed by atoms with van der Waals surface area (Å²) in [5.41, 5.74) is 2.39. The molecule has 1 amide bonds. The lowest BCUT2D eigenvalue weighted by Crippen LogP contribution is -2.13. The summed E-state index contributed by atoms with van der Waals surface area (Å²) < 4.78 is 5.78. The first-order valence-corrected chi connectivity index (χ1v) is 9.88. The Labute approximate surface area is 172 Å². The Bertz CT molecular complexity index is 909. The first-order chi connectivity index (χ1) is 14.1. The molecular weight excluding hydrogens is 362 g/mol. The van der Waals surface area contributed by atoms with Crippen LogP contribution in [0.25, 0.3) is 0 Å². The highest BCUT2D eigenvalue weighted by Crippen LogP contribution is 2.18. The molecule has 1 heterocycles. The van der Waals surface area contributed by atoms with Gasteiger partial charge < -0.3 is 15.4 Å². The molecule has 150 valence electrons. The Morgan fingerprint density at radius 2 is 1.79 bits per heavy atom. The van der Waals surface area contributed by atoms with E-state index in [0.717, 1.165) is 24.3 Å². The molecule has 0 bridgehead atoms. The fourth-order valence-corrected chi connectivity index (χ4v) is 2.74. The van der Waals surface area contributed by atoms with Crippen molar-refractivity contribution in [3.8, 4) is 5.75 Å². The van der Waals surface area contributed by atoms with Crippen molar-refractivity contribution in [1.82, 2.24) is 4.98 Å². The average molecular weight is 389 g/mol. The maximum absolute atomic E-state index is 12.5. The summed E-state index contributed by atoms with van der Waals surface area (Å²) in [7, 11) is 0. The van der Waals surface area contributed by atoms with Gasteiger partial charge in [0.2, 0.25) is 0 Å². The van der Waals surface area contributed by atoms with Crippen LogP contribution in [0.3, 0.4) is 0 Å². The topological polar surface area (TPSA) is 63.2 Å². The van der Waals surface area contributed by atoms with Crippen molar-refractivity contribution in [3.05, 3.63) is 84.1 Å². The zero-order chi connectivity index (χ0) is 20.5. The third-order valence-corrected chi connectivity index (χ3v) is 4.41. The number of anilines is 2. The normalized spacial score (nSPS) is 10.6. The van der Waals surface area contributed by atoms with Crippen LogP contribution in [-0.4, -0.2) is 17.4 Å². The molecule has 0 atom stereocenters. The van der Waals surface area contributed by atoms with E-state index in [1.165, 1.54) is 0 Å². The van der Waals surface area contributed by atoms with Crippen LogP contribution in [0.2, 0.25) is 0 Å². The number of pyridine rings is 1. The number of aromatic nitrogens is 1. The Hall–Kier alpha value is -3.34. The van der Waals surface area contributed by atoms with Crippen molar-refractivity contribution in [2.24, 2.45) is 5.92 Å². The second-order valence-corrected chi connectivity index (χ2v) is 7.29. The average Bonchev–Trinajstić information content (AvgIpc) is 2.74. The van der Waals surface area contributed by atoms with Crippen LogP contribution in [0.15, 0.2) is 72.9 Å². The van der Waals surface area contributed by atoms with E-state index in [0.29, 0.717) is 29.6 Å². The number of amides is 1. The number of carbonyl (C=O) groups is 1. The van der Waals surface area contributed by atoms with E-state index in [1.54, 1.807) is 18.3 Å². The molecule has 0 aliphatic heterocycles. The first kappa shape index (κ1) is 20.4. The number of hydrogen-bond donors (Lipinski definition) is 2. The van der Waals surface area contributed by atoms with Gasteiger partial charge in [-0.25, -0.2) is 4.98 Å². The van der Waals surface area contributed by atoms with Gasteiger partial charge in [-0.3, -0.25) is 4.79 Å². The lowest BCUT2D eigenvalue weighted by Gasteiger charge is -2.10. The largest absolute Gasteiger partial charge is 0.489 e. The van der Waals surface area contributed by atoms with Crippen LogP contribution < -0.4 is 15.4 Å². The van der Waals surface area contributed by atoms with Crippen molar-refractivity contribution in [2.45, 2.75) is 26.9 Å². The molecule has 0 radical (unpaired) electrons. The Morgan fingerprint density at radius 3 is 2.52 bits per heavy atom. The monoisotopic (exact) mass is 389 g/mol. The van der Waals surface area contributed by atoms with Gasteiger partial charge in [-0.1, -0.05) is 44.2 Å². The van der Waals surface area contributed by atoms with E-state index >= 15 is 0 Å². The van der Waals surface area contributed by atoms with E-state index in [4.69, 9.17) is 4.74 Å². The Kier molecular flexibility index (Phi) is 7.22. The Morgan fingerprint density at radius 1 is 1.03 bits per heavy atom. The molecule has 0 unspecified atom stereocenters. The number of hydrogen-bond acceptors (Lipinski definition) is 4. The molecule has 0 spiro atoms. The summed E-state index contributed by atoms with van der Waals surface area (Å²) >= 11 is 0. The summed E-state index contributed by atoms with van der Waals surface area (Å²) in [6.45, 7) is 5.70. The van der Waals surface area contributed by atoms with E-state index in [9.17, 15) is 4.79 Å². The molecule has 0 saturated heterocycles. The zero-order valence-electron chi connectivity index (χ0n) is 16.9. The fourth-order valence-electron chi connectivity index (χ4n) is 2.74. The third kappa shape index (κ3) is 6.64. The lowest BCUT2D eigenvalue weighted by atomic mass is 10.1. The van der Waals surface area contributed by atoms with Gasteiger partial charge in [0.15, 0.2) is 0 Å². The van der Waals surface area contributed by atoms with Crippen LogP contribution >= 0.6 is 0 Å². The van der Waals surface area contributed by atoms with Gasteiger partial charge in [-0.05, 0) is 54.3 Å². The van der Waals surface area contributed by atoms with Gasteiger partial charge >= 0.3 is 0 Å². The SMILES string of the molecule is CC(C)CCNc1cc(C(=O)Nc2ccc(OCc3ccccc3)cc2)ccn1. The highest BCUT2D eigenvalue weighted by atomic mass is 16.5. The predicted octanol–water partition coefficient (Wildman–Crippen LogP) is 5.37. The van der Waals surface area contributed by atoms with Crippen molar-refractivity contribution >= 4 is 17.4 Å². The van der Waals surface area contributed by atoms with Gasteiger partial charge in [0.25, 0.3) is 5.91 Å². The third-order valence-electron chi connectivity index (χ3n) is 4.41. The first-order valence-electron chi connectivity index (χ1n) is 9.88. The van der Waals surface area contributed by atoms with E-state index < -0.39 is 0 Å². The van der Waals surface area contributed by atoms with E-state index in [-0.39, 0.29) is 5.91 Å². The van der Waals surface area contributed by atoms with Crippen molar-refractivity contribution in [2.75, 3.05) is 17.2 Å². The van der Waals surface area contributed by atoms with Crippen LogP contribution in [0.1, 0.15) is 36.2 Å². The van der Waals surface area contributed by atoms with E-state index in [2.05, 4.69) is 29.5 Å². The molecule has 29 heavy (non-hydrogen) atoms. The minimum atomic E-state index is -0.169. The fraction of sp³-hybridized carbons (Fsp3) is 0.250. The summed E-state index contributed by atoms with van der Waals surface area (Å²) in [5.74, 6) is 1.92. The lowest BCUT2D eigenvalue weighted by molar-refractivity contribution is 0.102. The van der Waals surface area contributed by atoms with Crippen LogP contribution in [0, 0.1) is 5.92 Å². The molecule has 5 heteroatoms.